The van der Waals surface area contributed by atoms with Gasteiger partial charge in [0.1, 0.15) is 5.60 Å². The van der Waals surface area contributed by atoms with E-state index in [2.05, 4.69) is 16.0 Å². The molecule has 2 aliphatic rings. The molecule has 110 valence electrons. The summed E-state index contributed by atoms with van der Waals surface area (Å²) in [7, 11) is 0. The van der Waals surface area contributed by atoms with E-state index >= 15 is 0 Å². The zero-order valence-corrected chi connectivity index (χ0v) is 12.3. The van der Waals surface area contributed by atoms with Crippen LogP contribution in [0.4, 0.5) is 4.79 Å². The Balaban J connectivity index is 1.91. The van der Waals surface area contributed by atoms with Gasteiger partial charge in [-0.15, -0.1) is 0 Å². The van der Waals surface area contributed by atoms with Gasteiger partial charge in [0.25, 0.3) is 0 Å². The molecule has 1 amide bonds. The molecule has 3 N–H and O–H groups in total. The lowest BCUT2D eigenvalue weighted by Gasteiger charge is -2.41. The number of amides is 1. The van der Waals surface area contributed by atoms with Crippen LogP contribution < -0.4 is 16.0 Å². The summed E-state index contributed by atoms with van der Waals surface area (Å²) in [4.78, 5) is 12.0. The third-order valence-corrected chi connectivity index (χ3v) is 3.90. The van der Waals surface area contributed by atoms with E-state index < -0.39 is 5.60 Å². The van der Waals surface area contributed by atoms with E-state index in [9.17, 15) is 4.79 Å². The quantitative estimate of drug-likeness (QED) is 0.718. The highest BCUT2D eigenvalue weighted by Crippen LogP contribution is 2.24. The molecule has 1 atom stereocenters. The van der Waals surface area contributed by atoms with Crippen molar-refractivity contribution in [1.82, 2.24) is 16.0 Å². The lowest BCUT2D eigenvalue weighted by molar-refractivity contribution is 0.0425. The topological polar surface area (TPSA) is 62.4 Å². The van der Waals surface area contributed by atoms with Crippen LogP contribution in [0.2, 0.25) is 0 Å². The summed E-state index contributed by atoms with van der Waals surface area (Å²) in [5.74, 6) is 1.12. The molecule has 0 aromatic heterocycles. The molecular formula is C14H27N3O2. The summed E-state index contributed by atoms with van der Waals surface area (Å²) in [6, 6.07) is 0.248. The zero-order chi connectivity index (χ0) is 13.9. The fraction of sp³-hybridized carbons (Fsp3) is 0.929. The summed E-state index contributed by atoms with van der Waals surface area (Å²) in [6.45, 7) is 9.81. The van der Waals surface area contributed by atoms with Crippen LogP contribution >= 0.6 is 0 Å². The highest BCUT2D eigenvalue weighted by Gasteiger charge is 2.35. The second kappa shape index (κ2) is 6.09. The van der Waals surface area contributed by atoms with E-state index in [0.29, 0.717) is 11.8 Å². The Bertz CT molecular complexity index is 304. The van der Waals surface area contributed by atoms with Crippen LogP contribution in [-0.2, 0) is 4.74 Å². The number of piperidine rings is 1. The van der Waals surface area contributed by atoms with Crippen LogP contribution in [0.1, 0.15) is 33.6 Å². The minimum atomic E-state index is -0.430. The summed E-state index contributed by atoms with van der Waals surface area (Å²) in [5.41, 5.74) is -0.430. The van der Waals surface area contributed by atoms with Gasteiger partial charge in [0.15, 0.2) is 0 Å². The summed E-state index contributed by atoms with van der Waals surface area (Å²) < 4.78 is 5.39. The lowest BCUT2D eigenvalue weighted by Crippen LogP contribution is -2.58. The average molecular weight is 269 g/mol. The van der Waals surface area contributed by atoms with Crippen molar-refractivity contribution in [2.75, 3.05) is 26.2 Å². The van der Waals surface area contributed by atoms with E-state index in [4.69, 9.17) is 4.74 Å². The van der Waals surface area contributed by atoms with Crippen LogP contribution in [0.25, 0.3) is 0 Å². The van der Waals surface area contributed by atoms with Gasteiger partial charge in [0.2, 0.25) is 0 Å². The molecule has 0 bridgehead atoms. The predicted molar refractivity (Wildman–Crippen MR) is 75.1 cm³/mol. The molecule has 0 aromatic rings. The van der Waals surface area contributed by atoms with E-state index in [1.165, 1.54) is 0 Å². The summed E-state index contributed by atoms with van der Waals surface area (Å²) in [5, 5.41) is 9.79. The van der Waals surface area contributed by atoms with Crippen molar-refractivity contribution in [2.24, 2.45) is 11.8 Å². The molecule has 0 radical (unpaired) electrons. The van der Waals surface area contributed by atoms with Gasteiger partial charge in [-0.1, -0.05) is 0 Å². The number of rotatable bonds is 3. The first-order valence-electron chi connectivity index (χ1n) is 7.36. The number of hydrogen-bond donors (Lipinski definition) is 3. The minimum absolute atomic E-state index is 0.248. The fourth-order valence-corrected chi connectivity index (χ4v) is 2.83. The molecule has 0 saturated carbocycles. The molecule has 0 aromatic carbocycles. The molecule has 2 saturated heterocycles. The Morgan fingerprint density at radius 1 is 1.16 bits per heavy atom. The number of alkyl carbamates (subject to hydrolysis) is 1. The molecule has 2 rings (SSSR count). The Morgan fingerprint density at radius 3 is 2.26 bits per heavy atom. The SMILES string of the molecule is CC(C)(C)OC(=O)NC(C1CCNCC1)C1CNC1. The third-order valence-electron chi connectivity index (χ3n) is 3.90. The maximum Gasteiger partial charge on any atom is 0.407 e. The van der Waals surface area contributed by atoms with Crippen LogP contribution in [-0.4, -0.2) is 43.9 Å². The normalized spacial score (nSPS) is 23.5. The van der Waals surface area contributed by atoms with Crippen LogP contribution in [0.3, 0.4) is 0 Å². The smallest absolute Gasteiger partial charge is 0.407 e. The highest BCUT2D eigenvalue weighted by molar-refractivity contribution is 5.68. The molecule has 5 heteroatoms. The van der Waals surface area contributed by atoms with Gasteiger partial charge >= 0.3 is 6.09 Å². The maximum atomic E-state index is 12.0. The highest BCUT2D eigenvalue weighted by atomic mass is 16.6. The first-order valence-corrected chi connectivity index (χ1v) is 7.36. The molecular weight excluding hydrogens is 242 g/mol. The Kier molecular flexibility index (Phi) is 4.68. The second-order valence-corrected chi connectivity index (χ2v) is 6.68. The molecule has 2 aliphatic heterocycles. The van der Waals surface area contributed by atoms with E-state index in [-0.39, 0.29) is 12.1 Å². The van der Waals surface area contributed by atoms with Gasteiger partial charge < -0.3 is 20.7 Å². The third kappa shape index (κ3) is 4.35. The number of nitrogens with one attached hydrogen (secondary N) is 3. The molecule has 19 heavy (non-hydrogen) atoms. The van der Waals surface area contributed by atoms with Crippen LogP contribution in [0.15, 0.2) is 0 Å². The average Bonchev–Trinajstić information content (AvgIpc) is 2.24. The van der Waals surface area contributed by atoms with Crippen molar-refractivity contribution >= 4 is 6.09 Å². The molecule has 0 aliphatic carbocycles. The molecule has 2 fully saturated rings. The second-order valence-electron chi connectivity index (χ2n) is 6.68. The van der Waals surface area contributed by atoms with Gasteiger partial charge in [0, 0.05) is 25.0 Å². The number of hydrogen-bond acceptors (Lipinski definition) is 4. The van der Waals surface area contributed by atoms with Crippen molar-refractivity contribution in [2.45, 2.75) is 45.3 Å². The largest absolute Gasteiger partial charge is 0.444 e. The van der Waals surface area contributed by atoms with E-state index in [1.54, 1.807) is 0 Å². The summed E-state index contributed by atoms with van der Waals surface area (Å²) >= 11 is 0. The van der Waals surface area contributed by atoms with Crippen molar-refractivity contribution in [3.8, 4) is 0 Å². The lowest BCUT2D eigenvalue weighted by atomic mass is 9.80. The van der Waals surface area contributed by atoms with Crippen LogP contribution in [0, 0.1) is 11.8 Å². The van der Waals surface area contributed by atoms with Gasteiger partial charge in [-0.25, -0.2) is 4.79 Å². The summed E-state index contributed by atoms with van der Waals surface area (Å²) in [6.07, 6.45) is 2.00. The van der Waals surface area contributed by atoms with E-state index in [1.807, 2.05) is 20.8 Å². The van der Waals surface area contributed by atoms with Gasteiger partial charge in [-0.2, -0.15) is 0 Å². The van der Waals surface area contributed by atoms with E-state index in [0.717, 1.165) is 39.0 Å². The minimum Gasteiger partial charge on any atom is -0.444 e. The molecule has 5 nitrogen and oxygen atoms in total. The van der Waals surface area contributed by atoms with Crippen molar-refractivity contribution < 1.29 is 9.53 Å². The zero-order valence-electron chi connectivity index (χ0n) is 12.3. The fourth-order valence-electron chi connectivity index (χ4n) is 2.83. The number of ether oxygens (including phenoxy) is 1. The number of carbonyl (C=O) groups excluding carboxylic acids is 1. The Hall–Kier alpha value is -0.810. The van der Waals surface area contributed by atoms with Gasteiger partial charge in [-0.3, -0.25) is 0 Å². The van der Waals surface area contributed by atoms with Crippen molar-refractivity contribution in [3.05, 3.63) is 0 Å². The van der Waals surface area contributed by atoms with Crippen molar-refractivity contribution in [1.29, 1.82) is 0 Å². The molecule has 1 unspecified atom stereocenters. The van der Waals surface area contributed by atoms with Crippen LogP contribution in [0.5, 0.6) is 0 Å². The number of carbonyl (C=O) groups is 1. The van der Waals surface area contributed by atoms with Gasteiger partial charge in [0.05, 0.1) is 0 Å². The standard InChI is InChI=1S/C14H27N3O2/c1-14(2,3)19-13(18)17-12(11-8-16-9-11)10-4-6-15-7-5-10/h10-12,15-16H,4-9H2,1-3H3,(H,17,18). The Labute approximate surface area is 115 Å². The van der Waals surface area contributed by atoms with Gasteiger partial charge in [-0.05, 0) is 52.6 Å². The Morgan fingerprint density at radius 2 is 1.79 bits per heavy atom. The first-order chi connectivity index (χ1) is 8.96. The monoisotopic (exact) mass is 269 g/mol. The molecule has 2 heterocycles. The maximum absolute atomic E-state index is 12.0. The predicted octanol–water partition coefficient (Wildman–Crippen LogP) is 1.10. The molecule has 0 spiro atoms. The van der Waals surface area contributed by atoms with Crippen molar-refractivity contribution in [3.63, 3.8) is 0 Å². The first kappa shape index (κ1) is 14.6.